The minimum absolute atomic E-state index is 0.113. The normalized spacial score (nSPS) is 13.7. The maximum Gasteiger partial charge on any atom is 0.211 e. The second kappa shape index (κ2) is 10.7. The predicted octanol–water partition coefficient (Wildman–Crippen LogP) is 1.11. The van der Waals surface area contributed by atoms with Gasteiger partial charge >= 0.3 is 0 Å². The van der Waals surface area contributed by atoms with Gasteiger partial charge in [0.15, 0.2) is 0 Å². The van der Waals surface area contributed by atoms with Crippen molar-refractivity contribution in [2.45, 2.75) is 45.6 Å². The second-order valence-electron chi connectivity index (χ2n) is 4.45. The van der Waals surface area contributed by atoms with Gasteiger partial charge in [0.25, 0.3) is 0 Å². The van der Waals surface area contributed by atoms with Crippen LogP contribution in [-0.4, -0.2) is 47.0 Å². The number of sulfonamides is 1. The highest BCUT2D eigenvalue weighted by molar-refractivity contribution is 7.89. The topological polar surface area (TPSA) is 67.4 Å². The van der Waals surface area contributed by atoms with Crippen LogP contribution in [0.25, 0.3) is 0 Å². The molecular formula is C12H28N2O3S. The van der Waals surface area contributed by atoms with Crippen LogP contribution in [0.2, 0.25) is 0 Å². The molecular weight excluding hydrogens is 252 g/mol. The SMILES string of the molecule is CCCNCCCCS(=O)(=O)NC(CC)COC. The molecule has 0 aromatic rings. The third-order valence-corrected chi connectivity index (χ3v) is 4.17. The van der Waals surface area contributed by atoms with E-state index < -0.39 is 10.0 Å². The summed E-state index contributed by atoms with van der Waals surface area (Å²) in [7, 11) is -1.59. The Hall–Kier alpha value is -0.170. The van der Waals surface area contributed by atoms with Crippen molar-refractivity contribution >= 4 is 10.0 Å². The molecule has 0 saturated carbocycles. The largest absolute Gasteiger partial charge is 0.383 e. The van der Waals surface area contributed by atoms with Crippen LogP contribution in [0.1, 0.15) is 39.5 Å². The van der Waals surface area contributed by atoms with Gasteiger partial charge in [-0.1, -0.05) is 13.8 Å². The summed E-state index contributed by atoms with van der Waals surface area (Å²) in [6.07, 6.45) is 3.43. The lowest BCUT2D eigenvalue weighted by Gasteiger charge is -2.16. The summed E-state index contributed by atoms with van der Waals surface area (Å²) in [5.41, 5.74) is 0. The van der Waals surface area contributed by atoms with Crippen molar-refractivity contribution in [3.05, 3.63) is 0 Å². The van der Waals surface area contributed by atoms with E-state index in [0.717, 1.165) is 32.4 Å². The smallest absolute Gasteiger partial charge is 0.211 e. The Balaban J connectivity index is 3.79. The van der Waals surface area contributed by atoms with Gasteiger partial charge in [-0.05, 0) is 38.8 Å². The van der Waals surface area contributed by atoms with Gasteiger partial charge in [-0.25, -0.2) is 13.1 Å². The van der Waals surface area contributed by atoms with Gasteiger partial charge in [-0.3, -0.25) is 0 Å². The standard InChI is InChI=1S/C12H28N2O3S/c1-4-8-13-9-6-7-10-18(15,16)14-12(5-2)11-17-3/h12-14H,4-11H2,1-3H3. The third kappa shape index (κ3) is 9.82. The number of ether oxygens (including phenoxy) is 1. The van der Waals surface area contributed by atoms with E-state index in [-0.39, 0.29) is 11.8 Å². The minimum atomic E-state index is -3.17. The van der Waals surface area contributed by atoms with Gasteiger partial charge in [0.1, 0.15) is 0 Å². The Morgan fingerprint density at radius 1 is 1.17 bits per heavy atom. The summed E-state index contributed by atoms with van der Waals surface area (Å²) in [4.78, 5) is 0. The van der Waals surface area contributed by atoms with Gasteiger partial charge in [-0.2, -0.15) is 0 Å². The molecule has 18 heavy (non-hydrogen) atoms. The van der Waals surface area contributed by atoms with Crippen LogP contribution in [0.15, 0.2) is 0 Å². The Morgan fingerprint density at radius 2 is 1.89 bits per heavy atom. The number of nitrogens with one attached hydrogen (secondary N) is 2. The maximum atomic E-state index is 11.8. The van der Waals surface area contributed by atoms with Crippen molar-refractivity contribution in [1.29, 1.82) is 0 Å². The first-order chi connectivity index (χ1) is 8.55. The van der Waals surface area contributed by atoms with E-state index in [4.69, 9.17) is 4.74 Å². The van der Waals surface area contributed by atoms with E-state index in [1.807, 2.05) is 6.92 Å². The number of unbranched alkanes of at least 4 members (excludes halogenated alkanes) is 1. The van der Waals surface area contributed by atoms with E-state index in [0.29, 0.717) is 13.0 Å². The molecule has 0 spiro atoms. The monoisotopic (exact) mass is 280 g/mol. The lowest BCUT2D eigenvalue weighted by molar-refractivity contribution is 0.173. The Morgan fingerprint density at radius 3 is 2.44 bits per heavy atom. The zero-order valence-corrected chi connectivity index (χ0v) is 12.7. The number of hydrogen-bond acceptors (Lipinski definition) is 4. The highest BCUT2D eigenvalue weighted by Gasteiger charge is 2.15. The first-order valence-electron chi connectivity index (χ1n) is 6.75. The second-order valence-corrected chi connectivity index (χ2v) is 6.33. The highest BCUT2D eigenvalue weighted by Crippen LogP contribution is 1.99. The molecule has 0 rings (SSSR count). The molecule has 0 heterocycles. The van der Waals surface area contributed by atoms with Crippen LogP contribution in [-0.2, 0) is 14.8 Å². The van der Waals surface area contributed by atoms with Crippen molar-refractivity contribution in [2.24, 2.45) is 0 Å². The average Bonchev–Trinajstić information content (AvgIpc) is 2.32. The van der Waals surface area contributed by atoms with Gasteiger partial charge in [0.2, 0.25) is 10.0 Å². The summed E-state index contributed by atoms with van der Waals surface area (Å²) in [5, 5.41) is 3.26. The Labute approximate surface area is 112 Å². The van der Waals surface area contributed by atoms with Gasteiger partial charge < -0.3 is 10.1 Å². The summed E-state index contributed by atoms with van der Waals surface area (Å²) in [6.45, 7) is 6.37. The molecule has 0 fully saturated rings. The molecule has 0 aliphatic rings. The number of rotatable bonds is 12. The van der Waals surface area contributed by atoms with E-state index in [1.54, 1.807) is 7.11 Å². The first kappa shape index (κ1) is 17.8. The quantitative estimate of drug-likeness (QED) is 0.526. The average molecular weight is 280 g/mol. The number of methoxy groups -OCH3 is 1. The van der Waals surface area contributed by atoms with Crippen molar-refractivity contribution in [1.82, 2.24) is 10.0 Å². The first-order valence-corrected chi connectivity index (χ1v) is 8.40. The van der Waals surface area contributed by atoms with Crippen molar-refractivity contribution in [3.63, 3.8) is 0 Å². The molecule has 2 N–H and O–H groups in total. The lowest BCUT2D eigenvalue weighted by Crippen LogP contribution is -2.38. The van der Waals surface area contributed by atoms with Crippen LogP contribution in [0.3, 0.4) is 0 Å². The summed E-state index contributed by atoms with van der Waals surface area (Å²) < 4.78 is 31.2. The summed E-state index contributed by atoms with van der Waals surface area (Å²) in [6, 6.07) is -0.113. The Kier molecular flexibility index (Phi) is 10.6. The van der Waals surface area contributed by atoms with Crippen LogP contribution in [0.4, 0.5) is 0 Å². The zero-order valence-electron chi connectivity index (χ0n) is 11.9. The van der Waals surface area contributed by atoms with Gasteiger partial charge in [-0.15, -0.1) is 0 Å². The fraction of sp³-hybridized carbons (Fsp3) is 1.00. The molecule has 0 aliphatic carbocycles. The van der Waals surface area contributed by atoms with Crippen LogP contribution in [0, 0.1) is 0 Å². The van der Waals surface area contributed by atoms with E-state index in [1.165, 1.54) is 0 Å². The fourth-order valence-corrected chi connectivity index (χ4v) is 3.04. The molecule has 1 unspecified atom stereocenters. The molecule has 0 aromatic heterocycles. The van der Waals surface area contributed by atoms with Crippen LogP contribution in [0.5, 0.6) is 0 Å². The van der Waals surface area contributed by atoms with E-state index in [9.17, 15) is 8.42 Å². The molecule has 6 heteroatoms. The molecule has 1 atom stereocenters. The molecule has 0 amide bonds. The fourth-order valence-electron chi connectivity index (χ4n) is 1.59. The van der Waals surface area contributed by atoms with Crippen molar-refractivity contribution in [3.8, 4) is 0 Å². The predicted molar refractivity (Wildman–Crippen MR) is 75.3 cm³/mol. The minimum Gasteiger partial charge on any atom is -0.383 e. The summed E-state index contributed by atoms with van der Waals surface area (Å²) >= 11 is 0. The molecule has 110 valence electrons. The Bertz CT molecular complexity index is 281. The highest BCUT2D eigenvalue weighted by atomic mass is 32.2. The molecule has 0 saturated heterocycles. The van der Waals surface area contributed by atoms with Crippen molar-refractivity contribution < 1.29 is 13.2 Å². The number of hydrogen-bond donors (Lipinski definition) is 2. The van der Waals surface area contributed by atoms with E-state index in [2.05, 4.69) is 17.0 Å². The van der Waals surface area contributed by atoms with E-state index >= 15 is 0 Å². The summed E-state index contributed by atoms with van der Waals surface area (Å²) in [5.74, 6) is 0.195. The lowest BCUT2D eigenvalue weighted by atomic mass is 10.3. The zero-order chi connectivity index (χ0) is 13.9. The van der Waals surface area contributed by atoms with Crippen LogP contribution >= 0.6 is 0 Å². The maximum absolute atomic E-state index is 11.8. The van der Waals surface area contributed by atoms with Crippen LogP contribution < -0.4 is 10.0 Å². The third-order valence-electron chi connectivity index (χ3n) is 2.65. The molecule has 5 nitrogen and oxygen atoms in total. The molecule has 0 radical (unpaired) electrons. The van der Waals surface area contributed by atoms with Crippen molar-refractivity contribution in [2.75, 3.05) is 32.6 Å². The molecule has 0 aliphatic heterocycles. The molecule has 0 bridgehead atoms. The van der Waals surface area contributed by atoms with Gasteiger partial charge in [0, 0.05) is 13.2 Å². The molecule has 0 aromatic carbocycles. The van der Waals surface area contributed by atoms with Gasteiger partial charge in [0.05, 0.1) is 12.4 Å².